The summed E-state index contributed by atoms with van der Waals surface area (Å²) in [6.07, 6.45) is 6.81. The highest BCUT2D eigenvalue weighted by atomic mass is 35.5. The third kappa shape index (κ3) is 2.97. The molecular weight excluding hydrogens is 347 g/mol. The van der Waals surface area contributed by atoms with Gasteiger partial charge in [-0.2, -0.15) is 0 Å². The minimum Gasteiger partial charge on any atom is -0.454 e. The monoisotopic (exact) mass is 366 g/mol. The SMILES string of the molecule is O=C(OCC(=O)C12CC3CC(CC(C3)C1)C2)c1cc(Cl)cc(Cl)c1. The van der Waals surface area contributed by atoms with Crippen LogP contribution >= 0.6 is 23.2 Å². The van der Waals surface area contributed by atoms with E-state index < -0.39 is 5.97 Å². The summed E-state index contributed by atoms with van der Waals surface area (Å²) >= 11 is 11.8. The molecule has 4 bridgehead atoms. The van der Waals surface area contributed by atoms with Crippen molar-refractivity contribution >= 4 is 35.0 Å². The highest BCUT2D eigenvalue weighted by molar-refractivity contribution is 6.35. The number of ketones is 1. The Bertz CT molecular complexity index is 642. The van der Waals surface area contributed by atoms with E-state index in [9.17, 15) is 9.59 Å². The van der Waals surface area contributed by atoms with Gasteiger partial charge < -0.3 is 4.74 Å². The summed E-state index contributed by atoms with van der Waals surface area (Å²) < 4.78 is 5.28. The zero-order chi connectivity index (χ0) is 16.9. The van der Waals surface area contributed by atoms with E-state index in [-0.39, 0.29) is 23.4 Å². The fourth-order valence-corrected chi connectivity index (χ4v) is 6.02. The molecule has 1 aromatic carbocycles. The number of rotatable bonds is 4. The Labute approximate surface area is 151 Å². The van der Waals surface area contributed by atoms with Crippen LogP contribution in [0.3, 0.4) is 0 Å². The molecule has 0 aliphatic heterocycles. The van der Waals surface area contributed by atoms with Crippen molar-refractivity contribution < 1.29 is 14.3 Å². The molecular formula is C19H20Cl2O3. The van der Waals surface area contributed by atoms with Gasteiger partial charge in [0, 0.05) is 15.5 Å². The summed E-state index contributed by atoms with van der Waals surface area (Å²) in [5, 5.41) is 0.753. The Morgan fingerprint density at radius 1 is 0.958 bits per heavy atom. The topological polar surface area (TPSA) is 43.4 Å². The maximum absolute atomic E-state index is 12.8. The van der Waals surface area contributed by atoms with Gasteiger partial charge in [-0.3, -0.25) is 4.79 Å². The van der Waals surface area contributed by atoms with E-state index in [1.807, 2.05) is 0 Å². The Morgan fingerprint density at radius 3 is 1.96 bits per heavy atom. The number of esters is 1. The van der Waals surface area contributed by atoms with Gasteiger partial charge in [0.05, 0.1) is 5.56 Å². The van der Waals surface area contributed by atoms with E-state index in [1.165, 1.54) is 31.4 Å². The van der Waals surface area contributed by atoms with Crippen molar-refractivity contribution in [2.45, 2.75) is 38.5 Å². The maximum Gasteiger partial charge on any atom is 0.338 e. The molecule has 5 rings (SSSR count). The van der Waals surface area contributed by atoms with E-state index in [4.69, 9.17) is 27.9 Å². The van der Waals surface area contributed by atoms with Crippen LogP contribution in [0.2, 0.25) is 10.0 Å². The molecule has 4 saturated carbocycles. The fraction of sp³-hybridized carbons (Fsp3) is 0.579. The third-order valence-electron chi connectivity index (χ3n) is 6.06. The summed E-state index contributed by atoms with van der Waals surface area (Å²) in [6, 6.07) is 4.57. The van der Waals surface area contributed by atoms with Gasteiger partial charge in [-0.1, -0.05) is 23.2 Å². The first-order chi connectivity index (χ1) is 11.4. The highest BCUT2D eigenvalue weighted by Gasteiger charge is 2.54. The van der Waals surface area contributed by atoms with Crippen molar-refractivity contribution in [3.8, 4) is 0 Å². The van der Waals surface area contributed by atoms with Crippen molar-refractivity contribution in [1.29, 1.82) is 0 Å². The summed E-state index contributed by atoms with van der Waals surface area (Å²) in [4.78, 5) is 25.0. The molecule has 0 radical (unpaired) electrons. The van der Waals surface area contributed by atoms with Gasteiger partial charge >= 0.3 is 5.97 Å². The Hall–Kier alpha value is -1.06. The quantitative estimate of drug-likeness (QED) is 0.709. The largest absolute Gasteiger partial charge is 0.454 e. The lowest BCUT2D eigenvalue weighted by molar-refractivity contribution is -0.147. The lowest BCUT2D eigenvalue weighted by atomic mass is 9.48. The van der Waals surface area contributed by atoms with E-state index in [1.54, 1.807) is 6.07 Å². The van der Waals surface area contributed by atoms with Crippen molar-refractivity contribution in [1.82, 2.24) is 0 Å². The average molecular weight is 367 g/mol. The molecule has 0 saturated heterocycles. The number of halogens is 2. The van der Waals surface area contributed by atoms with Crippen LogP contribution in [0.1, 0.15) is 48.9 Å². The molecule has 1 aromatic rings. The van der Waals surface area contributed by atoms with E-state index >= 15 is 0 Å². The average Bonchev–Trinajstić information content (AvgIpc) is 2.50. The summed E-state index contributed by atoms with van der Waals surface area (Å²) in [5.74, 6) is 1.65. The molecule has 4 aliphatic rings. The standard InChI is InChI=1S/C19H20Cl2O3/c20-15-4-14(5-16(21)6-15)18(23)24-10-17(22)19-7-11-1-12(8-19)3-13(2-11)9-19/h4-6,11-13H,1-3,7-10H2. The van der Waals surface area contributed by atoms with E-state index in [0.717, 1.165) is 19.3 Å². The van der Waals surface area contributed by atoms with Crippen molar-refractivity contribution in [3.05, 3.63) is 33.8 Å². The summed E-state index contributed by atoms with van der Waals surface area (Å²) in [7, 11) is 0. The molecule has 0 heterocycles. The van der Waals surface area contributed by atoms with Crippen molar-refractivity contribution in [3.63, 3.8) is 0 Å². The van der Waals surface area contributed by atoms with E-state index in [0.29, 0.717) is 27.8 Å². The first kappa shape index (κ1) is 16.4. The molecule has 24 heavy (non-hydrogen) atoms. The van der Waals surface area contributed by atoms with Crippen LogP contribution in [0.25, 0.3) is 0 Å². The third-order valence-corrected chi connectivity index (χ3v) is 6.50. The van der Waals surface area contributed by atoms with Crippen LogP contribution in [-0.4, -0.2) is 18.4 Å². The first-order valence-corrected chi connectivity index (χ1v) is 9.36. The predicted molar refractivity (Wildman–Crippen MR) is 92.4 cm³/mol. The van der Waals surface area contributed by atoms with Gasteiger partial charge in [0.25, 0.3) is 0 Å². The van der Waals surface area contributed by atoms with Crippen LogP contribution in [-0.2, 0) is 9.53 Å². The molecule has 4 aliphatic carbocycles. The Morgan fingerprint density at radius 2 is 1.46 bits per heavy atom. The van der Waals surface area contributed by atoms with Gasteiger partial charge in [-0.05, 0) is 74.5 Å². The van der Waals surface area contributed by atoms with Crippen LogP contribution < -0.4 is 0 Å². The van der Waals surface area contributed by atoms with Crippen LogP contribution in [0.5, 0.6) is 0 Å². The van der Waals surface area contributed by atoms with Crippen molar-refractivity contribution in [2.24, 2.45) is 23.2 Å². The second-order valence-electron chi connectivity index (χ2n) is 7.86. The second-order valence-corrected chi connectivity index (χ2v) is 8.73. The number of ether oxygens (including phenoxy) is 1. The molecule has 0 amide bonds. The number of Topliss-reactive ketones (excluding diaryl/α,β-unsaturated/α-hetero) is 1. The number of benzene rings is 1. The van der Waals surface area contributed by atoms with Gasteiger partial charge in [0.2, 0.25) is 0 Å². The van der Waals surface area contributed by atoms with E-state index in [2.05, 4.69) is 0 Å². The van der Waals surface area contributed by atoms with Crippen LogP contribution in [0.15, 0.2) is 18.2 Å². The Kier molecular flexibility index (Phi) is 4.12. The molecule has 3 nitrogen and oxygen atoms in total. The predicted octanol–water partition coefficient (Wildman–Crippen LogP) is 4.94. The zero-order valence-corrected chi connectivity index (χ0v) is 14.9. The lowest BCUT2D eigenvalue weighted by Gasteiger charge is -2.55. The normalized spacial score (nSPS) is 33.5. The molecule has 4 fully saturated rings. The van der Waals surface area contributed by atoms with Crippen molar-refractivity contribution in [2.75, 3.05) is 6.61 Å². The second kappa shape index (κ2) is 6.03. The molecule has 0 spiro atoms. The number of hydrogen-bond acceptors (Lipinski definition) is 3. The Balaban J connectivity index is 1.42. The zero-order valence-electron chi connectivity index (χ0n) is 13.4. The molecule has 0 unspecified atom stereocenters. The fourth-order valence-electron chi connectivity index (χ4n) is 5.49. The van der Waals surface area contributed by atoms with Crippen LogP contribution in [0, 0.1) is 23.2 Å². The number of carbonyl (C=O) groups is 2. The summed E-state index contributed by atoms with van der Waals surface area (Å²) in [5.41, 5.74) is 0.0480. The molecule has 0 N–H and O–H groups in total. The van der Waals surface area contributed by atoms with Gasteiger partial charge in [0.15, 0.2) is 12.4 Å². The first-order valence-electron chi connectivity index (χ1n) is 8.60. The lowest BCUT2D eigenvalue weighted by Crippen LogP contribution is -2.51. The van der Waals surface area contributed by atoms with Gasteiger partial charge in [-0.25, -0.2) is 4.79 Å². The molecule has 5 heteroatoms. The molecule has 128 valence electrons. The smallest absolute Gasteiger partial charge is 0.338 e. The minimum absolute atomic E-state index is 0.100. The number of hydrogen-bond donors (Lipinski definition) is 0. The van der Waals surface area contributed by atoms with Crippen LogP contribution in [0.4, 0.5) is 0 Å². The number of carbonyl (C=O) groups excluding carboxylic acids is 2. The van der Waals surface area contributed by atoms with Gasteiger partial charge in [0.1, 0.15) is 0 Å². The highest BCUT2D eigenvalue weighted by Crippen LogP contribution is 2.60. The summed E-state index contributed by atoms with van der Waals surface area (Å²) in [6.45, 7) is -0.144. The molecule has 0 aromatic heterocycles. The van der Waals surface area contributed by atoms with Gasteiger partial charge in [-0.15, -0.1) is 0 Å². The minimum atomic E-state index is -0.544. The maximum atomic E-state index is 12.8. The molecule has 0 atom stereocenters.